The highest BCUT2D eigenvalue weighted by molar-refractivity contribution is 7.78. The van der Waals surface area contributed by atoms with Crippen LogP contribution in [0.3, 0.4) is 0 Å². The first-order valence-electron chi connectivity index (χ1n) is 12.3. The van der Waals surface area contributed by atoms with Gasteiger partial charge in [-0.05, 0) is 89.9 Å². The maximum absolute atomic E-state index is 2.77. The molecule has 2 unspecified atom stereocenters. The topological polar surface area (TPSA) is 0 Å². The summed E-state index contributed by atoms with van der Waals surface area (Å²) in [6.45, 7) is 5.29. The number of rotatable bonds is 5. The molecule has 3 saturated carbocycles. The minimum absolute atomic E-state index is 0.861. The van der Waals surface area contributed by atoms with Crippen LogP contribution < -0.4 is 0 Å². The average molecular weight is 376 g/mol. The van der Waals surface area contributed by atoms with E-state index < -0.39 is 7.26 Å². The number of hydrogen-bond acceptors (Lipinski definition) is 0. The SMILES string of the molecule is CC1C=CC1[C@H](C)[P+](C1CCCCC1)(C1CCCCC1)C1CCCCC1. The van der Waals surface area contributed by atoms with E-state index in [1.807, 2.05) is 0 Å². The van der Waals surface area contributed by atoms with Crippen LogP contribution >= 0.6 is 7.26 Å². The predicted molar refractivity (Wildman–Crippen MR) is 119 cm³/mol. The molecule has 0 heterocycles. The Bertz CT molecular complexity index is 417. The Labute approximate surface area is 164 Å². The molecule has 4 aliphatic carbocycles. The van der Waals surface area contributed by atoms with Crippen LogP contribution in [-0.2, 0) is 0 Å². The molecule has 0 N–H and O–H groups in total. The quantitative estimate of drug-likeness (QED) is 0.335. The third kappa shape index (κ3) is 3.47. The van der Waals surface area contributed by atoms with Crippen molar-refractivity contribution in [1.82, 2.24) is 0 Å². The Kier molecular flexibility index (Phi) is 6.50. The molecule has 0 saturated heterocycles. The zero-order valence-corrected chi connectivity index (χ0v) is 18.6. The Hall–Kier alpha value is 0.170. The molecule has 26 heavy (non-hydrogen) atoms. The van der Waals surface area contributed by atoms with Gasteiger partial charge in [-0.15, -0.1) is 0 Å². The van der Waals surface area contributed by atoms with Gasteiger partial charge in [-0.1, -0.05) is 38.3 Å². The monoisotopic (exact) mass is 375 g/mol. The molecule has 0 aromatic heterocycles. The largest absolute Gasteiger partial charge is 0.0845 e. The van der Waals surface area contributed by atoms with E-state index in [1.165, 1.54) is 19.3 Å². The Morgan fingerprint density at radius 2 is 1.00 bits per heavy atom. The summed E-state index contributed by atoms with van der Waals surface area (Å²) in [5, 5.41) is 0. The molecule has 148 valence electrons. The van der Waals surface area contributed by atoms with Crippen LogP contribution in [0.2, 0.25) is 0 Å². The molecule has 0 aromatic rings. The van der Waals surface area contributed by atoms with Gasteiger partial charge >= 0.3 is 0 Å². The van der Waals surface area contributed by atoms with Crippen LogP contribution in [0.15, 0.2) is 12.2 Å². The van der Waals surface area contributed by atoms with Crippen LogP contribution in [0.4, 0.5) is 0 Å². The molecule has 0 aromatic carbocycles. The third-order valence-corrected chi connectivity index (χ3v) is 16.2. The zero-order chi connectivity index (χ0) is 18.0. The first-order chi connectivity index (χ1) is 12.7. The smallest absolute Gasteiger partial charge is 0.0745 e. The summed E-state index contributed by atoms with van der Waals surface area (Å²) in [7, 11) is -0.923. The number of hydrogen-bond donors (Lipinski definition) is 0. The van der Waals surface area contributed by atoms with E-state index in [2.05, 4.69) is 26.0 Å². The van der Waals surface area contributed by atoms with E-state index in [0.717, 1.165) is 34.5 Å². The average Bonchev–Trinajstić information content (AvgIpc) is 2.70. The lowest BCUT2D eigenvalue weighted by molar-refractivity contribution is 0.408. The second-order valence-electron chi connectivity index (χ2n) is 10.3. The maximum Gasteiger partial charge on any atom is 0.0745 e. The van der Waals surface area contributed by atoms with Gasteiger partial charge in [0.25, 0.3) is 0 Å². The van der Waals surface area contributed by atoms with E-state index in [0.29, 0.717) is 0 Å². The molecule has 0 bridgehead atoms. The molecule has 0 radical (unpaired) electrons. The highest BCUT2D eigenvalue weighted by Gasteiger charge is 2.62. The van der Waals surface area contributed by atoms with E-state index in [4.69, 9.17) is 0 Å². The molecule has 1 heteroatoms. The highest BCUT2D eigenvalue weighted by Crippen LogP contribution is 2.81. The summed E-state index contributed by atoms with van der Waals surface area (Å²) in [6, 6.07) is 0. The van der Waals surface area contributed by atoms with E-state index in [1.54, 1.807) is 77.0 Å². The molecule has 0 nitrogen and oxygen atoms in total. The molecular weight excluding hydrogens is 331 g/mol. The fourth-order valence-electron chi connectivity index (χ4n) is 7.84. The van der Waals surface area contributed by atoms with Crippen LogP contribution in [0.5, 0.6) is 0 Å². The molecule has 0 aliphatic heterocycles. The van der Waals surface area contributed by atoms with Gasteiger partial charge in [-0.2, -0.15) is 0 Å². The van der Waals surface area contributed by atoms with Crippen molar-refractivity contribution in [2.24, 2.45) is 11.8 Å². The first kappa shape index (κ1) is 19.5. The Morgan fingerprint density at radius 3 is 1.27 bits per heavy atom. The third-order valence-electron chi connectivity index (χ3n) is 9.13. The summed E-state index contributed by atoms with van der Waals surface area (Å²) in [4.78, 5) is 0. The van der Waals surface area contributed by atoms with Crippen molar-refractivity contribution < 1.29 is 0 Å². The van der Waals surface area contributed by atoms with Gasteiger partial charge in [0.15, 0.2) is 0 Å². The first-order valence-corrected chi connectivity index (χ1v) is 14.4. The summed E-state index contributed by atoms with van der Waals surface area (Å²) < 4.78 is 0. The highest BCUT2D eigenvalue weighted by atomic mass is 31.2. The van der Waals surface area contributed by atoms with Crippen molar-refractivity contribution in [2.75, 3.05) is 0 Å². The minimum Gasteiger partial charge on any atom is -0.0845 e. The van der Waals surface area contributed by atoms with Gasteiger partial charge in [-0.3, -0.25) is 0 Å². The normalized spacial score (nSPS) is 33.8. The van der Waals surface area contributed by atoms with Crippen molar-refractivity contribution >= 4 is 7.26 Å². The lowest BCUT2D eigenvalue weighted by Crippen LogP contribution is -2.45. The van der Waals surface area contributed by atoms with Crippen molar-refractivity contribution in [3.63, 3.8) is 0 Å². The molecule has 3 atom stereocenters. The number of allylic oxidation sites excluding steroid dienone is 2. The van der Waals surface area contributed by atoms with Gasteiger partial charge in [0, 0.05) is 13.2 Å². The van der Waals surface area contributed by atoms with Gasteiger partial charge in [0.1, 0.15) is 0 Å². The maximum atomic E-state index is 2.77. The van der Waals surface area contributed by atoms with Crippen molar-refractivity contribution in [3.05, 3.63) is 12.2 Å². The Balaban J connectivity index is 1.73. The van der Waals surface area contributed by atoms with Gasteiger partial charge in [-0.25, -0.2) is 0 Å². The van der Waals surface area contributed by atoms with Crippen molar-refractivity contribution in [1.29, 1.82) is 0 Å². The lowest BCUT2D eigenvalue weighted by Gasteiger charge is -2.54. The van der Waals surface area contributed by atoms with E-state index >= 15 is 0 Å². The molecular formula is C25H44P+. The van der Waals surface area contributed by atoms with Crippen LogP contribution in [-0.4, -0.2) is 22.6 Å². The standard InChI is InChI=1S/C25H44P/c1-20-18-19-25(20)21(2)26(22-12-6-3-7-13-22,23-14-8-4-9-15-23)24-16-10-5-11-17-24/h18-25H,3-17H2,1-2H3/q+1/t20?,21-,25?/m0/s1. The van der Waals surface area contributed by atoms with Crippen LogP contribution in [0.25, 0.3) is 0 Å². The van der Waals surface area contributed by atoms with E-state index in [-0.39, 0.29) is 0 Å². The molecule has 4 aliphatic rings. The second-order valence-corrected chi connectivity index (χ2v) is 15.1. The molecule has 0 spiro atoms. The fourth-order valence-corrected chi connectivity index (χ4v) is 16.4. The molecule has 3 fully saturated rings. The summed E-state index contributed by atoms with van der Waals surface area (Å²) >= 11 is 0. The molecule has 0 amide bonds. The zero-order valence-electron chi connectivity index (χ0n) is 17.7. The van der Waals surface area contributed by atoms with Crippen molar-refractivity contribution in [3.8, 4) is 0 Å². The van der Waals surface area contributed by atoms with E-state index in [9.17, 15) is 0 Å². The van der Waals surface area contributed by atoms with Gasteiger partial charge < -0.3 is 0 Å². The van der Waals surface area contributed by atoms with Gasteiger partial charge in [0.2, 0.25) is 0 Å². The van der Waals surface area contributed by atoms with Crippen LogP contribution in [0.1, 0.15) is 110 Å². The van der Waals surface area contributed by atoms with Gasteiger partial charge in [0.05, 0.1) is 22.6 Å². The summed E-state index contributed by atoms with van der Waals surface area (Å²) in [5.74, 6) is 1.79. The van der Waals surface area contributed by atoms with Crippen LogP contribution in [0, 0.1) is 11.8 Å². The fraction of sp³-hybridized carbons (Fsp3) is 0.920. The predicted octanol–water partition coefficient (Wildman–Crippen LogP) is 8.21. The lowest BCUT2D eigenvalue weighted by atomic mass is 9.81. The molecule has 4 rings (SSSR count). The van der Waals surface area contributed by atoms with Crippen molar-refractivity contribution in [2.45, 2.75) is 133 Å². The minimum atomic E-state index is -0.923. The second kappa shape index (κ2) is 8.68. The summed E-state index contributed by atoms with van der Waals surface area (Å²) in [6.07, 6.45) is 28.7. The summed E-state index contributed by atoms with van der Waals surface area (Å²) in [5.41, 5.74) is 4.48. The Morgan fingerprint density at radius 1 is 0.615 bits per heavy atom.